The number of nitrogens with two attached hydrogens (primary N) is 1. The van der Waals surface area contributed by atoms with Crippen LogP contribution in [0.2, 0.25) is 0 Å². The number of nitrogens with one attached hydrogen (secondary N) is 1. The average Bonchev–Trinajstić information content (AvgIpc) is 3.08. The number of halogens is 2. The third-order valence-corrected chi connectivity index (χ3v) is 5.46. The largest absolute Gasteiger partial charge is 0.366 e. The van der Waals surface area contributed by atoms with Gasteiger partial charge in [-0.15, -0.1) is 5.10 Å². The van der Waals surface area contributed by atoms with Gasteiger partial charge in [0.2, 0.25) is 17.0 Å². The Morgan fingerprint density at radius 2 is 2.03 bits per heavy atom. The van der Waals surface area contributed by atoms with Gasteiger partial charge < -0.3 is 11.1 Å². The zero-order valence-electron chi connectivity index (χ0n) is 15.4. The van der Waals surface area contributed by atoms with Gasteiger partial charge in [0.05, 0.1) is 5.57 Å². The highest BCUT2D eigenvalue weighted by Gasteiger charge is 2.33. The molecule has 1 aliphatic rings. The molecule has 2 aromatic carbocycles. The second-order valence-corrected chi connectivity index (χ2v) is 7.47. The highest BCUT2D eigenvalue weighted by Crippen LogP contribution is 2.36. The Hall–Kier alpha value is -3.20. The smallest absolute Gasteiger partial charge is 0.248 e. The maximum Gasteiger partial charge on any atom is 0.248 e. The summed E-state index contributed by atoms with van der Waals surface area (Å²) in [5.41, 5.74) is 7.46. The first-order valence-electron chi connectivity index (χ1n) is 8.80. The number of carbonyl (C=O) groups excluding carboxylic acids is 1. The lowest BCUT2D eigenvalue weighted by Crippen LogP contribution is -2.31. The highest BCUT2D eigenvalue weighted by atomic mass is 32.2. The van der Waals surface area contributed by atoms with E-state index in [-0.39, 0.29) is 11.4 Å². The van der Waals surface area contributed by atoms with Gasteiger partial charge in [0.1, 0.15) is 17.7 Å². The molecule has 0 saturated carbocycles. The molecule has 0 fully saturated rings. The van der Waals surface area contributed by atoms with Gasteiger partial charge in [-0.25, -0.2) is 13.5 Å². The van der Waals surface area contributed by atoms with Crippen molar-refractivity contribution in [2.75, 3.05) is 5.32 Å². The number of carbonyl (C=O) groups is 1. The lowest BCUT2D eigenvalue weighted by molar-refractivity contribution is -0.115. The van der Waals surface area contributed by atoms with Crippen LogP contribution < -0.4 is 11.1 Å². The van der Waals surface area contributed by atoms with Gasteiger partial charge in [-0.2, -0.15) is 4.98 Å². The molecule has 9 heteroatoms. The van der Waals surface area contributed by atoms with E-state index in [9.17, 15) is 13.6 Å². The molecule has 3 N–H and O–H groups in total. The van der Waals surface area contributed by atoms with Crippen molar-refractivity contribution in [1.82, 2.24) is 14.8 Å². The molecule has 0 aliphatic carbocycles. The Morgan fingerprint density at radius 3 is 2.76 bits per heavy atom. The van der Waals surface area contributed by atoms with Gasteiger partial charge in [0.15, 0.2) is 0 Å². The van der Waals surface area contributed by atoms with E-state index in [1.807, 2.05) is 0 Å². The van der Waals surface area contributed by atoms with Gasteiger partial charge in [-0.05, 0) is 36.2 Å². The van der Waals surface area contributed by atoms with Crippen LogP contribution >= 0.6 is 11.8 Å². The molecule has 0 unspecified atom stereocenters. The molecule has 0 radical (unpaired) electrons. The molecule has 2 heterocycles. The monoisotopic (exact) mass is 413 g/mol. The number of rotatable bonds is 5. The number of benzene rings is 2. The minimum absolute atomic E-state index is 0.277. The van der Waals surface area contributed by atoms with Crippen molar-refractivity contribution in [3.63, 3.8) is 0 Å². The van der Waals surface area contributed by atoms with Crippen molar-refractivity contribution in [2.45, 2.75) is 23.9 Å². The molecule has 0 spiro atoms. The van der Waals surface area contributed by atoms with Crippen molar-refractivity contribution in [3.05, 3.63) is 82.6 Å². The van der Waals surface area contributed by atoms with Crippen LogP contribution in [0.4, 0.5) is 14.7 Å². The van der Waals surface area contributed by atoms with Gasteiger partial charge in [-0.3, -0.25) is 4.79 Å². The summed E-state index contributed by atoms with van der Waals surface area (Å²) in [4.78, 5) is 16.6. The quantitative estimate of drug-likeness (QED) is 0.624. The van der Waals surface area contributed by atoms with Crippen molar-refractivity contribution in [1.29, 1.82) is 0 Å². The minimum Gasteiger partial charge on any atom is -0.366 e. The van der Waals surface area contributed by atoms with E-state index in [0.29, 0.717) is 33.7 Å². The van der Waals surface area contributed by atoms with Crippen LogP contribution in [0.3, 0.4) is 0 Å². The van der Waals surface area contributed by atoms with Gasteiger partial charge in [0, 0.05) is 11.4 Å². The molecule has 0 bridgehead atoms. The topological polar surface area (TPSA) is 85.8 Å². The number of anilines is 1. The van der Waals surface area contributed by atoms with Crippen LogP contribution in [0, 0.1) is 11.6 Å². The number of hydrogen-bond acceptors (Lipinski definition) is 5. The molecule has 4 rings (SSSR count). The fourth-order valence-corrected chi connectivity index (χ4v) is 4.07. The van der Waals surface area contributed by atoms with Crippen LogP contribution in [0.15, 0.2) is 65.0 Å². The average molecular weight is 413 g/mol. The summed E-state index contributed by atoms with van der Waals surface area (Å²) in [5.74, 6) is -0.620. The Labute approximate surface area is 169 Å². The van der Waals surface area contributed by atoms with E-state index in [0.717, 1.165) is 0 Å². The van der Waals surface area contributed by atoms with Crippen molar-refractivity contribution in [2.24, 2.45) is 5.73 Å². The van der Waals surface area contributed by atoms with E-state index >= 15 is 0 Å². The molecule has 6 nitrogen and oxygen atoms in total. The molecule has 29 heavy (non-hydrogen) atoms. The zero-order valence-corrected chi connectivity index (χ0v) is 16.2. The first-order valence-corrected chi connectivity index (χ1v) is 9.78. The maximum absolute atomic E-state index is 13.9. The van der Waals surface area contributed by atoms with Crippen LogP contribution in [-0.4, -0.2) is 20.7 Å². The summed E-state index contributed by atoms with van der Waals surface area (Å²) in [6.07, 6.45) is 0. The highest BCUT2D eigenvalue weighted by molar-refractivity contribution is 7.98. The fraction of sp³-hybridized carbons (Fsp3) is 0.150. The molecule has 3 aromatic rings. The fourth-order valence-electron chi connectivity index (χ4n) is 3.25. The Balaban J connectivity index is 1.70. The normalized spacial score (nSPS) is 15.8. The predicted octanol–water partition coefficient (Wildman–Crippen LogP) is 3.62. The van der Waals surface area contributed by atoms with Gasteiger partial charge in [0.25, 0.3) is 0 Å². The van der Waals surface area contributed by atoms with Crippen molar-refractivity contribution in [3.8, 4) is 0 Å². The number of amides is 1. The number of thioether (sulfide) groups is 1. The number of nitrogens with zero attached hydrogens (tertiary/aromatic N) is 3. The first-order chi connectivity index (χ1) is 13.9. The third-order valence-electron chi connectivity index (χ3n) is 4.58. The molecule has 1 aromatic heterocycles. The van der Waals surface area contributed by atoms with E-state index in [1.54, 1.807) is 37.3 Å². The predicted molar refractivity (Wildman–Crippen MR) is 106 cm³/mol. The second kappa shape index (κ2) is 7.67. The minimum atomic E-state index is -0.713. The first kappa shape index (κ1) is 19.1. The van der Waals surface area contributed by atoms with Gasteiger partial charge >= 0.3 is 0 Å². The van der Waals surface area contributed by atoms with Crippen LogP contribution in [0.25, 0.3) is 0 Å². The number of hydrogen-bond donors (Lipinski definition) is 2. The van der Waals surface area contributed by atoms with E-state index in [2.05, 4.69) is 15.4 Å². The van der Waals surface area contributed by atoms with E-state index in [1.165, 1.54) is 34.6 Å². The van der Waals surface area contributed by atoms with E-state index < -0.39 is 17.8 Å². The van der Waals surface area contributed by atoms with Crippen molar-refractivity contribution < 1.29 is 13.6 Å². The third kappa shape index (κ3) is 3.73. The lowest BCUT2D eigenvalue weighted by atomic mass is 9.95. The summed E-state index contributed by atoms with van der Waals surface area (Å²) in [5, 5.41) is 7.89. The zero-order chi connectivity index (χ0) is 20.5. The molecular formula is C20H17F2N5OS. The van der Waals surface area contributed by atoms with Crippen LogP contribution in [0.1, 0.15) is 24.1 Å². The summed E-state index contributed by atoms with van der Waals surface area (Å²) in [7, 11) is 0. The molecular weight excluding hydrogens is 396 g/mol. The summed E-state index contributed by atoms with van der Waals surface area (Å²) in [6, 6.07) is 11.7. The lowest BCUT2D eigenvalue weighted by Gasteiger charge is -2.27. The maximum atomic E-state index is 13.9. The Kier molecular flexibility index (Phi) is 5.06. The Morgan fingerprint density at radius 1 is 1.24 bits per heavy atom. The summed E-state index contributed by atoms with van der Waals surface area (Å²) in [6.45, 7) is 1.71. The van der Waals surface area contributed by atoms with Crippen LogP contribution in [-0.2, 0) is 10.5 Å². The van der Waals surface area contributed by atoms with E-state index in [4.69, 9.17) is 5.73 Å². The molecule has 0 saturated heterocycles. The van der Waals surface area contributed by atoms with Crippen LogP contribution in [0.5, 0.6) is 0 Å². The van der Waals surface area contributed by atoms with Gasteiger partial charge in [-0.1, -0.05) is 42.1 Å². The summed E-state index contributed by atoms with van der Waals surface area (Å²) < 4.78 is 29.2. The number of primary amides is 1. The van der Waals surface area contributed by atoms with Crippen molar-refractivity contribution >= 4 is 23.6 Å². The Bertz CT molecular complexity index is 1130. The standard InChI is InChI=1S/C20H17F2N5OS/c1-11-16(18(23)28)17(12-6-4-7-14(21)9-12)27-19(24-11)25-20(26-27)29-10-13-5-2-3-8-15(13)22/h2-9,17H,10H2,1H3,(H2,23,28)(H,24,25,26)/t17-/m0/s1. The molecule has 1 aliphatic heterocycles. The summed E-state index contributed by atoms with van der Waals surface area (Å²) >= 11 is 1.26. The SMILES string of the molecule is CC1=C(C(N)=O)[C@H](c2cccc(F)c2)n2nc(SCc3ccccc3F)nc2N1. The number of fused-ring (bicyclic) bond motifs is 1. The number of allylic oxidation sites excluding steroid dienone is 1. The number of aromatic nitrogens is 3. The molecule has 1 atom stereocenters. The molecule has 148 valence electrons. The second-order valence-electron chi connectivity index (χ2n) is 6.53. The molecule has 1 amide bonds.